The van der Waals surface area contributed by atoms with Gasteiger partial charge in [0.1, 0.15) is 17.1 Å². The molecule has 0 amide bonds. The highest BCUT2D eigenvalue weighted by Gasteiger charge is 2.47. The summed E-state index contributed by atoms with van der Waals surface area (Å²) in [7, 11) is 0. The van der Waals surface area contributed by atoms with Gasteiger partial charge in [0.15, 0.2) is 0 Å². The van der Waals surface area contributed by atoms with Gasteiger partial charge in [0, 0.05) is 23.0 Å². The summed E-state index contributed by atoms with van der Waals surface area (Å²) >= 11 is 1.38. The van der Waals surface area contributed by atoms with Crippen molar-refractivity contribution in [1.82, 2.24) is 0 Å². The molecule has 0 saturated heterocycles. The number of aliphatic hydroxyl groups excluding tert-OH is 1. The average Bonchev–Trinajstić information content (AvgIpc) is 3.06. The number of phenols is 1. The van der Waals surface area contributed by atoms with Gasteiger partial charge in [-0.2, -0.15) is 0 Å². The molecule has 1 aromatic carbocycles. The molecule has 25 heavy (non-hydrogen) atoms. The normalized spacial score (nSPS) is 27.1. The van der Waals surface area contributed by atoms with E-state index in [1.807, 2.05) is 11.4 Å². The summed E-state index contributed by atoms with van der Waals surface area (Å²) in [5, 5.41) is 22.7. The van der Waals surface area contributed by atoms with Crippen molar-refractivity contribution in [2.75, 3.05) is 0 Å². The van der Waals surface area contributed by atoms with E-state index in [0.717, 1.165) is 18.4 Å². The van der Waals surface area contributed by atoms with Crippen molar-refractivity contribution >= 4 is 17.1 Å². The van der Waals surface area contributed by atoms with Gasteiger partial charge >= 0.3 is 0 Å². The van der Waals surface area contributed by atoms with Crippen molar-refractivity contribution in [2.24, 2.45) is 5.92 Å². The van der Waals surface area contributed by atoms with Gasteiger partial charge in [0.25, 0.3) is 0 Å². The first-order chi connectivity index (χ1) is 11.9. The van der Waals surface area contributed by atoms with Crippen molar-refractivity contribution in [2.45, 2.75) is 50.7 Å². The van der Waals surface area contributed by atoms with Crippen LogP contribution in [-0.2, 0) is 0 Å². The van der Waals surface area contributed by atoms with Gasteiger partial charge in [-0.15, -0.1) is 11.3 Å². The third-order valence-electron chi connectivity index (χ3n) is 5.59. The summed E-state index contributed by atoms with van der Waals surface area (Å²) < 4.78 is 6.22. The Balaban J connectivity index is 1.79. The number of phenolic OH excluding ortho intramolecular Hbond substituents is 1. The Hall–Kier alpha value is -1.85. The standard InChI is InChI=1S/C20H22O4S/c1-20(2)14-6-5-12(21)10-13(14)18-15(22)8-11(9-16(18)24-20)19(23)17-4-3-7-25-17/h3-4,7-9,12-14,21-22H,5-6,10H2,1-2H3/t12-,13-,14-/m1/s1. The van der Waals surface area contributed by atoms with Crippen LogP contribution in [0.1, 0.15) is 59.8 Å². The molecule has 4 nitrogen and oxygen atoms in total. The van der Waals surface area contributed by atoms with E-state index in [9.17, 15) is 15.0 Å². The molecule has 2 aliphatic rings. The van der Waals surface area contributed by atoms with E-state index in [1.54, 1.807) is 18.2 Å². The minimum Gasteiger partial charge on any atom is -0.507 e. The Bertz CT molecular complexity index is 809. The Morgan fingerprint density at radius 1 is 1.32 bits per heavy atom. The maximum absolute atomic E-state index is 12.6. The van der Waals surface area contributed by atoms with Crippen molar-refractivity contribution in [3.63, 3.8) is 0 Å². The predicted octanol–water partition coefficient (Wildman–Crippen LogP) is 4.10. The lowest BCUT2D eigenvalue weighted by molar-refractivity contribution is -0.0317. The highest BCUT2D eigenvalue weighted by molar-refractivity contribution is 7.12. The maximum atomic E-state index is 12.6. The molecule has 2 N–H and O–H groups in total. The summed E-state index contributed by atoms with van der Waals surface area (Å²) in [4.78, 5) is 13.3. The zero-order valence-electron chi connectivity index (χ0n) is 14.4. The second-order valence-electron chi connectivity index (χ2n) is 7.60. The van der Waals surface area contributed by atoms with Crippen LogP contribution in [0, 0.1) is 5.92 Å². The van der Waals surface area contributed by atoms with Crippen molar-refractivity contribution in [3.05, 3.63) is 45.6 Å². The van der Waals surface area contributed by atoms with E-state index in [0.29, 0.717) is 22.6 Å². The molecule has 2 aromatic rings. The summed E-state index contributed by atoms with van der Waals surface area (Å²) in [5.74, 6) is 0.846. The van der Waals surface area contributed by atoms with E-state index in [-0.39, 0.29) is 29.5 Å². The Kier molecular flexibility index (Phi) is 3.89. The fraction of sp³-hybridized carbons (Fsp3) is 0.450. The van der Waals surface area contributed by atoms with Crippen LogP contribution in [0.2, 0.25) is 0 Å². The van der Waals surface area contributed by atoms with E-state index in [1.165, 1.54) is 11.3 Å². The Morgan fingerprint density at radius 2 is 2.12 bits per heavy atom. The number of benzene rings is 1. The number of thiophene rings is 1. The maximum Gasteiger partial charge on any atom is 0.203 e. The van der Waals surface area contributed by atoms with Gasteiger partial charge in [0.05, 0.1) is 11.0 Å². The molecule has 1 aliphatic heterocycles. The first-order valence-corrected chi connectivity index (χ1v) is 9.57. The first-order valence-electron chi connectivity index (χ1n) is 8.69. The zero-order chi connectivity index (χ0) is 17.8. The number of fused-ring (bicyclic) bond motifs is 3. The van der Waals surface area contributed by atoms with E-state index < -0.39 is 5.60 Å². The predicted molar refractivity (Wildman–Crippen MR) is 96.7 cm³/mol. The molecule has 0 bridgehead atoms. The molecule has 0 radical (unpaired) electrons. The molecule has 1 aliphatic carbocycles. The van der Waals surface area contributed by atoms with Crippen molar-refractivity contribution in [3.8, 4) is 11.5 Å². The summed E-state index contributed by atoms with van der Waals surface area (Å²) in [6.45, 7) is 4.10. The van der Waals surface area contributed by atoms with Crippen LogP contribution in [0.5, 0.6) is 11.5 Å². The lowest BCUT2D eigenvalue weighted by atomic mass is 9.66. The van der Waals surface area contributed by atoms with Crippen LogP contribution >= 0.6 is 11.3 Å². The third-order valence-corrected chi connectivity index (χ3v) is 6.46. The zero-order valence-corrected chi connectivity index (χ0v) is 15.2. The highest BCUT2D eigenvalue weighted by atomic mass is 32.1. The largest absolute Gasteiger partial charge is 0.507 e. The van der Waals surface area contributed by atoms with Crippen molar-refractivity contribution < 1.29 is 19.7 Å². The van der Waals surface area contributed by atoms with Crippen molar-refractivity contribution in [1.29, 1.82) is 0 Å². The van der Waals surface area contributed by atoms with Crippen LogP contribution in [0.4, 0.5) is 0 Å². The molecule has 132 valence electrons. The summed E-state index contributed by atoms with van der Waals surface area (Å²) in [5.41, 5.74) is 0.782. The van der Waals surface area contributed by atoms with Crippen LogP contribution in [-0.4, -0.2) is 27.7 Å². The van der Waals surface area contributed by atoms with Crippen LogP contribution in [0.25, 0.3) is 0 Å². The van der Waals surface area contributed by atoms with Gasteiger partial charge in [-0.25, -0.2) is 0 Å². The van der Waals surface area contributed by atoms with Gasteiger partial charge in [-0.3, -0.25) is 4.79 Å². The second-order valence-corrected chi connectivity index (χ2v) is 8.55. The third kappa shape index (κ3) is 2.75. The molecule has 5 heteroatoms. The number of ether oxygens (including phenoxy) is 1. The number of carbonyl (C=O) groups is 1. The van der Waals surface area contributed by atoms with Crippen LogP contribution < -0.4 is 4.74 Å². The summed E-state index contributed by atoms with van der Waals surface area (Å²) in [6.07, 6.45) is 1.90. The molecule has 1 saturated carbocycles. The number of aromatic hydroxyl groups is 1. The molecule has 1 aromatic heterocycles. The first kappa shape index (κ1) is 16.6. The van der Waals surface area contributed by atoms with Gasteiger partial charge in [-0.1, -0.05) is 6.07 Å². The molecule has 1 fully saturated rings. The van der Waals surface area contributed by atoms with E-state index in [4.69, 9.17) is 4.74 Å². The Morgan fingerprint density at radius 3 is 2.84 bits per heavy atom. The number of rotatable bonds is 2. The fourth-order valence-electron chi connectivity index (χ4n) is 4.41. The molecular formula is C20H22O4S. The van der Waals surface area contributed by atoms with Crippen LogP contribution in [0.3, 0.4) is 0 Å². The minimum absolute atomic E-state index is 0.0494. The monoisotopic (exact) mass is 358 g/mol. The molecule has 2 heterocycles. The molecule has 0 unspecified atom stereocenters. The number of aliphatic hydroxyl groups is 1. The number of hydrogen-bond acceptors (Lipinski definition) is 5. The molecule has 0 spiro atoms. The smallest absolute Gasteiger partial charge is 0.203 e. The number of hydrogen-bond donors (Lipinski definition) is 2. The molecule has 4 rings (SSSR count). The lowest BCUT2D eigenvalue weighted by Gasteiger charge is -2.48. The number of carbonyl (C=O) groups excluding carboxylic acids is 1. The SMILES string of the molecule is CC1(C)Oc2cc(C(=O)c3cccs3)cc(O)c2[C@@H]2C[C@H](O)CC[C@H]21. The average molecular weight is 358 g/mol. The number of ketones is 1. The highest BCUT2D eigenvalue weighted by Crippen LogP contribution is 2.54. The molecular weight excluding hydrogens is 336 g/mol. The topological polar surface area (TPSA) is 66.8 Å². The van der Waals surface area contributed by atoms with E-state index >= 15 is 0 Å². The quantitative estimate of drug-likeness (QED) is 0.793. The van der Waals surface area contributed by atoms with Gasteiger partial charge in [0.2, 0.25) is 5.78 Å². The van der Waals surface area contributed by atoms with Gasteiger partial charge < -0.3 is 14.9 Å². The lowest BCUT2D eigenvalue weighted by Crippen LogP contribution is -2.47. The summed E-state index contributed by atoms with van der Waals surface area (Å²) in [6, 6.07) is 6.91. The minimum atomic E-state index is -0.394. The second kappa shape index (κ2) is 5.85. The van der Waals surface area contributed by atoms with Gasteiger partial charge in [-0.05, 0) is 56.7 Å². The fourth-order valence-corrected chi connectivity index (χ4v) is 5.09. The Labute approximate surface area is 151 Å². The molecule has 3 atom stereocenters. The van der Waals surface area contributed by atoms with Crippen LogP contribution in [0.15, 0.2) is 29.6 Å². The van der Waals surface area contributed by atoms with E-state index in [2.05, 4.69) is 13.8 Å².